The van der Waals surface area contributed by atoms with Crippen LogP contribution < -0.4 is 0 Å². The lowest BCUT2D eigenvalue weighted by Gasteiger charge is -2.08. The van der Waals surface area contributed by atoms with Crippen molar-refractivity contribution in [1.29, 1.82) is 0 Å². The summed E-state index contributed by atoms with van der Waals surface area (Å²) in [6, 6.07) is 16.2. The summed E-state index contributed by atoms with van der Waals surface area (Å²) in [6.45, 7) is 0.830. The minimum Gasteiger partial charge on any atom is -0.343 e. The van der Waals surface area contributed by atoms with Crippen molar-refractivity contribution < 1.29 is 0 Å². The predicted octanol–water partition coefficient (Wildman–Crippen LogP) is 4.13. The minimum atomic E-state index is 0.830. The smallest absolute Gasteiger partial charge is 0.156 e. The highest BCUT2D eigenvalue weighted by atomic mass is 32.2. The van der Waals surface area contributed by atoms with Gasteiger partial charge in [0.2, 0.25) is 0 Å². The Kier molecular flexibility index (Phi) is 4.61. The van der Waals surface area contributed by atoms with E-state index in [1.54, 1.807) is 18.0 Å². The Labute approximate surface area is 150 Å². The van der Waals surface area contributed by atoms with Crippen LogP contribution in [0, 0.1) is 0 Å². The Morgan fingerprint density at radius 2 is 1.80 bits per heavy atom. The largest absolute Gasteiger partial charge is 0.343 e. The van der Waals surface area contributed by atoms with Crippen molar-refractivity contribution in [2.75, 3.05) is 5.75 Å². The summed E-state index contributed by atoms with van der Waals surface area (Å²) in [5.41, 5.74) is 3.04. The minimum absolute atomic E-state index is 0.830. The van der Waals surface area contributed by atoms with Crippen molar-refractivity contribution in [1.82, 2.24) is 24.5 Å². The highest BCUT2D eigenvalue weighted by Crippen LogP contribution is 2.29. The molecule has 124 valence electrons. The molecule has 4 aromatic rings. The molecule has 0 amide bonds. The van der Waals surface area contributed by atoms with Crippen LogP contribution in [0.3, 0.4) is 0 Å². The molecule has 0 aliphatic carbocycles. The van der Waals surface area contributed by atoms with Gasteiger partial charge in [-0.15, -0.1) is 11.8 Å². The maximum atomic E-state index is 4.65. The molecule has 0 aliphatic heterocycles. The first kappa shape index (κ1) is 15.7. The van der Waals surface area contributed by atoms with Crippen LogP contribution >= 0.6 is 11.8 Å². The van der Waals surface area contributed by atoms with Gasteiger partial charge in [-0.25, -0.2) is 15.0 Å². The fourth-order valence-corrected chi connectivity index (χ4v) is 3.49. The van der Waals surface area contributed by atoms with E-state index in [-0.39, 0.29) is 0 Å². The van der Waals surface area contributed by atoms with Crippen LogP contribution in [0.1, 0.15) is 0 Å². The van der Waals surface area contributed by atoms with Gasteiger partial charge in [-0.05, 0) is 12.1 Å². The third kappa shape index (κ3) is 3.49. The molecule has 4 rings (SSSR count). The molecule has 6 heteroatoms. The fraction of sp³-hybridized carbons (Fsp3) is 0.105. The van der Waals surface area contributed by atoms with Gasteiger partial charge in [0.25, 0.3) is 0 Å². The predicted molar refractivity (Wildman–Crippen MR) is 100 cm³/mol. The van der Waals surface area contributed by atoms with Crippen LogP contribution in [0.4, 0.5) is 0 Å². The molecular weight excluding hydrogens is 330 g/mol. The summed E-state index contributed by atoms with van der Waals surface area (Å²) in [4.78, 5) is 16.6. The monoisotopic (exact) mass is 347 g/mol. The van der Waals surface area contributed by atoms with Crippen molar-refractivity contribution in [3.63, 3.8) is 0 Å². The lowest BCUT2D eigenvalue weighted by Crippen LogP contribution is -2.02. The molecule has 0 saturated heterocycles. The third-order valence-corrected chi connectivity index (χ3v) is 4.75. The standard InChI is InChI=1S/C19H17N5S/c1-2-6-15(7-3-1)17-18(19-21-10-11-22-19)24(14-23-17)12-13-25-16-8-4-5-9-20-16/h1-11,14H,12-13H2,(H,21,22). The Hall–Kier alpha value is -2.86. The molecule has 1 aromatic carbocycles. The molecule has 1 N–H and O–H groups in total. The van der Waals surface area contributed by atoms with Crippen molar-refractivity contribution in [3.8, 4) is 22.8 Å². The molecule has 0 radical (unpaired) electrons. The molecule has 0 bridgehead atoms. The molecule has 0 aliphatic rings. The van der Waals surface area contributed by atoms with Gasteiger partial charge in [0.1, 0.15) is 5.69 Å². The molecule has 5 nitrogen and oxygen atoms in total. The van der Waals surface area contributed by atoms with E-state index in [4.69, 9.17) is 0 Å². The Morgan fingerprint density at radius 3 is 2.56 bits per heavy atom. The van der Waals surface area contributed by atoms with Crippen molar-refractivity contribution in [2.45, 2.75) is 11.6 Å². The number of aromatic nitrogens is 5. The van der Waals surface area contributed by atoms with Crippen LogP contribution in [-0.4, -0.2) is 30.3 Å². The third-order valence-electron chi connectivity index (χ3n) is 3.83. The second-order valence-corrected chi connectivity index (χ2v) is 6.57. The zero-order valence-electron chi connectivity index (χ0n) is 13.5. The van der Waals surface area contributed by atoms with Gasteiger partial charge < -0.3 is 9.55 Å². The number of benzene rings is 1. The van der Waals surface area contributed by atoms with Crippen LogP contribution in [0.5, 0.6) is 0 Å². The van der Waals surface area contributed by atoms with Crippen LogP contribution in [-0.2, 0) is 6.54 Å². The maximum absolute atomic E-state index is 4.65. The molecule has 0 atom stereocenters. The van der Waals surface area contributed by atoms with E-state index in [2.05, 4.69) is 36.6 Å². The highest BCUT2D eigenvalue weighted by Gasteiger charge is 2.16. The summed E-state index contributed by atoms with van der Waals surface area (Å²) in [5.74, 6) is 1.74. The number of thioether (sulfide) groups is 1. The number of hydrogen-bond acceptors (Lipinski definition) is 4. The van der Waals surface area contributed by atoms with Gasteiger partial charge in [-0.1, -0.05) is 36.4 Å². The van der Waals surface area contributed by atoms with Crippen LogP contribution in [0.25, 0.3) is 22.8 Å². The molecule has 25 heavy (non-hydrogen) atoms. The zero-order valence-corrected chi connectivity index (χ0v) is 14.4. The Balaban J connectivity index is 1.61. The van der Waals surface area contributed by atoms with E-state index in [0.717, 1.165) is 40.1 Å². The van der Waals surface area contributed by atoms with Gasteiger partial charge in [0, 0.05) is 36.5 Å². The average Bonchev–Trinajstić information content (AvgIpc) is 3.33. The summed E-state index contributed by atoms with van der Waals surface area (Å²) in [7, 11) is 0. The maximum Gasteiger partial charge on any atom is 0.156 e. The first-order chi connectivity index (χ1) is 12.4. The molecule has 3 aromatic heterocycles. The molecule has 3 heterocycles. The summed E-state index contributed by atoms with van der Waals surface area (Å²) < 4.78 is 2.15. The van der Waals surface area contributed by atoms with Gasteiger partial charge >= 0.3 is 0 Å². The van der Waals surface area contributed by atoms with Gasteiger partial charge in [0.05, 0.1) is 17.0 Å². The topological polar surface area (TPSA) is 59.4 Å². The van der Waals surface area contributed by atoms with E-state index < -0.39 is 0 Å². The zero-order chi connectivity index (χ0) is 16.9. The Morgan fingerprint density at radius 1 is 0.920 bits per heavy atom. The molecule has 0 spiro atoms. The number of hydrogen-bond donors (Lipinski definition) is 1. The summed E-state index contributed by atoms with van der Waals surface area (Å²) in [5, 5.41) is 1.03. The van der Waals surface area contributed by atoms with Gasteiger partial charge in [0.15, 0.2) is 5.82 Å². The summed E-state index contributed by atoms with van der Waals surface area (Å²) in [6.07, 6.45) is 7.31. The highest BCUT2D eigenvalue weighted by molar-refractivity contribution is 7.99. The van der Waals surface area contributed by atoms with Crippen molar-refractivity contribution in [2.24, 2.45) is 0 Å². The number of H-pyrrole nitrogens is 1. The lowest BCUT2D eigenvalue weighted by molar-refractivity contribution is 0.773. The van der Waals surface area contributed by atoms with E-state index in [1.807, 2.05) is 55.1 Å². The number of nitrogens with zero attached hydrogens (tertiary/aromatic N) is 4. The van der Waals surface area contributed by atoms with E-state index >= 15 is 0 Å². The van der Waals surface area contributed by atoms with E-state index in [9.17, 15) is 0 Å². The number of nitrogens with one attached hydrogen (secondary N) is 1. The van der Waals surface area contributed by atoms with Crippen LogP contribution in [0.2, 0.25) is 0 Å². The second-order valence-electron chi connectivity index (χ2n) is 5.46. The van der Waals surface area contributed by atoms with Gasteiger partial charge in [-0.3, -0.25) is 0 Å². The second kappa shape index (κ2) is 7.36. The molecule has 0 unspecified atom stereocenters. The lowest BCUT2D eigenvalue weighted by atomic mass is 10.1. The number of rotatable bonds is 6. The molecule has 0 fully saturated rings. The normalized spacial score (nSPS) is 10.9. The summed E-state index contributed by atoms with van der Waals surface area (Å²) >= 11 is 1.74. The number of aryl methyl sites for hydroxylation is 1. The number of pyridine rings is 1. The fourth-order valence-electron chi connectivity index (χ4n) is 2.68. The average molecular weight is 347 g/mol. The van der Waals surface area contributed by atoms with E-state index in [0.29, 0.717) is 0 Å². The van der Waals surface area contributed by atoms with E-state index in [1.165, 1.54) is 0 Å². The van der Waals surface area contributed by atoms with Crippen molar-refractivity contribution >= 4 is 11.8 Å². The first-order valence-corrected chi connectivity index (χ1v) is 9.04. The first-order valence-electron chi connectivity index (χ1n) is 8.06. The van der Waals surface area contributed by atoms with Gasteiger partial charge in [-0.2, -0.15) is 0 Å². The number of aromatic amines is 1. The molecule has 0 saturated carbocycles. The van der Waals surface area contributed by atoms with Crippen LogP contribution in [0.15, 0.2) is 78.5 Å². The SMILES string of the molecule is c1ccc(-c2ncn(CCSc3ccccn3)c2-c2ncc[nH]2)cc1. The molecular formula is C19H17N5S. The number of imidazole rings is 2. The van der Waals surface area contributed by atoms with Crippen molar-refractivity contribution in [3.05, 3.63) is 73.4 Å². The Bertz CT molecular complexity index is 917. The quantitative estimate of drug-likeness (QED) is 0.533.